The Hall–Kier alpha value is -2.41. The molecular formula is C24H31N5OS. The molecule has 1 aromatic carbocycles. The molecule has 1 amide bonds. The molecule has 1 aliphatic rings. The van der Waals surface area contributed by atoms with Crippen LogP contribution in [0.3, 0.4) is 0 Å². The fourth-order valence-electron chi connectivity index (χ4n) is 4.33. The monoisotopic (exact) mass is 437 g/mol. The zero-order valence-electron chi connectivity index (χ0n) is 18.8. The molecule has 1 aliphatic carbocycles. The van der Waals surface area contributed by atoms with Gasteiger partial charge in [-0.2, -0.15) is 4.98 Å². The third kappa shape index (κ3) is 5.09. The van der Waals surface area contributed by atoms with E-state index in [0.717, 1.165) is 24.2 Å². The molecule has 2 atom stereocenters. The lowest BCUT2D eigenvalue weighted by Crippen LogP contribution is -2.41. The Labute approximate surface area is 188 Å². The van der Waals surface area contributed by atoms with Crippen molar-refractivity contribution >= 4 is 23.4 Å². The highest BCUT2D eigenvalue weighted by atomic mass is 32.2. The summed E-state index contributed by atoms with van der Waals surface area (Å²) in [5.41, 5.74) is 5.69. The van der Waals surface area contributed by atoms with Crippen LogP contribution in [0, 0.1) is 26.7 Å². The Kier molecular flexibility index (Phi) is 6.60. The second-order valence-electron chi connectivity index (χ2n) is 8.75. The number of hydrogen-bond donors (Lipinski definition) is 1. The summed E-state index contributed by atoms with van der Waals surface area (Å²) in [5, 5.41) is 8.42. The normalized spacial score (nSPS) is 19.0. The summed E-state index contributed by atoms with van der Waals surface area (Å²) in [6.07, 6.45) is 5.56. The number of benzene rings is 1. The van der Waals surface area contributed by atoms with Gasteiger partial charge in [-0.1, -0.05) is 61.4 Å². The minimum atomic E-state index is 0.0588. The number of nitrogens with zero attached hydrogens (tertiary/aromatic N) is 4. The van der Waals surface area contributed by atoms with Crippen LogP contribution in [0.2, 0.25) is 0 Å². The Morgan fingerprint density at radius 1 is 1.13 bits per heavy atom. The van der Waals surface area contributed by atoms with Gasteiger partial charge >= 0.3 is 0 Å². The van der Waals surface area contributed by atoms with Crippen LogP contribution in [0.25, 0.3) is 5.78 Å². The number of amides is 1. The zero-order valence-corrected chi connectivity index (χ0v) is 19.6. The molecule has 6 nitrogen and oxygen atoms in total. The predicted octanol–water partition coefficient (Wildman–Crippen LogP) is 4.43. The van der Waals surface area contributed by atoms with Crippen LogP contribution in [-0.4, -0.2) is 37.3 Å². The van der Waals surface area contributed by atoms with E-state index in [1.54, 1.807) is 4.52 Å². The van der Waals surface area contributed by atoms with Crippen molar-refractivity contribution in [3.63, 3.8) is 0 Å². The van der Waals surface area contributed by atoms with E-state index in [4.69, 9.17) is 0 Å². The molecule has 3 aromatic rings. The van der Waals surface area contributed by atoms with Crippen molar-refractivity contribution in [2.45, 2.75) is 71.0 Å². The van der Waals surface area contributed by atoms with Crippen molar-refractivity contribution in [1.82, 2.24) is 24.9 Å². The topological polar surface area (TPSA) is 72.2 Å². The highest BCUT2D eigenvalue weighted by Crippen LogP contribution is 2.24. The van der Waals surface area contributed by atoms with Crippen LogP contribution in [0.4, 0.5) is 0 Å². The van der Waals surface area contributed by atoms with E-state index in [-0.39, 0.29) is 5.91 Å². The van der Waals surface area contributed by atoms with Gasteiger partial charge in [-0.15, -0.1) is 5.10 Å². The zero-order chi connectivity index (χ0) is 22.0. The number of rotatable bonds is 6. The van der Waals surface area contributed by atoms with Gasteiger partial charge in [0.25, 0.3) is 5.78 Å². The van der Waals surface area contributed by atoms with Gasteiger partial charge in [0.15, 0.2) is 0 Å². The molecule has 0 spiro atoms. The maximum atomic E-state index is 12.4. The van der Waals surface area contributed by atoms with Gasteiger partial charge < -0.3 is 5.32 Å². The fraction of sp³-hybridized carbons (Fsp3) is 0.500. The highest BCUT2D eigenvalue weighted by Gasteiger charge is 2.23. The molecule has 7 heteroatoms. The first-order chi connectivity index (χ1) is 14.9. The molecule has 0 saturated heterocycles. The number of aryl methyl sites for hydroxylation is 3. The second-order valence-corrected chi connectivity index (χ2v) is 9.70. The number of fused-ring (bicyclic) bond motifs is 1. The van der Waals surface area contributed by atoms with Gasteiger partial charge in [0, 0.05) is 23.9 Å². The first-order valence-corrected chi connectivity index (χ1v) is 12.1. The molecule has 1 saturated carbocycles. The van der Waals surface area contributed by atoms with E-state index in [1.807, 2.05) is 6.92 Å². The summed E-state index contributed by atoms with van der Waals surface area (Å²) < 4.78 is 1.81. The quantitative estimate of drug-likeness (QED) is 0.578. The molecule has 1 N–H and O–H groups in total. The van der Waals surface area contributed by atoms with E-state index in [1.165, 1.54) is 47.7 Å². The summed E-state index contributed by atoms with van der Waals surface area (Å²) >= 11 is 1.37. The number of nitrogens with one attached hydrogen (secondary N) is 1. The lowest BCUT2D eigenvalue weighted by Gasteiger charge is -2.29. The Morgan fingerprint density at radius 2 is 1.87 bits per heavy atom. The lowest BCUT2D eigenvalue weighted by molar-refractivity contribution is -0.119. The molecule has 0 bridgehead atoms. The first-order valence-electron chi connectivity index (χ1n) is 11.1. The molecular weight excluding hydrogens is 406 g/mol. The molecule has 31 heavy (non-hydrogen) atoms. The van der Waals surface area contributed by atoms with Gasteiger partial charge in [0.05, 0.1) is 5.75 Å². The smallest absolute Gasteiger partial charge is 0.253 e. The maximum Gasteiger partial charge on any atom is 0.253 e. The molecule has 4 rings (SSSR count). The average Bonchev–Trinajstić information content (AvgIpc) is 3.16. The van der Waals surface area contributed by atoms with Crippen molar-refractivity contribution in [3.05, 3.63) is 52.3 Å². The van der Waals surface area contributed by atoms with E-state index < -0.39 is 0 Å². The maximum absolute atomic E-state index is 12.4. The summed E-state index contributed by atoms with van der Waals surface area (Å²) in [7, 11) is 0. The summed E-state index contributed by atoms with van der Waals surface area (Å²) in [6, 6.07) is 8.89. The molecule has 0 unspecified atom stereocenters. The van der Waals surface area contributed by atoms with Crippen LogP contribution < -0.4 is 5.32 Å². The van der Waals surface area contributed by atoms with Crippen molar-refractivity contribution in [1.29, 1.82) is 0 Å². The van der Waals surface area contributed by atoms with E-state index in [2.05, 4.69) is 65.4 Å². The van der Waals surface area contributed by atoms with Crippen LogP contribution in [-0.2, 0) is 11.2 Å². The number of carbonyl (C=O) groups is 1. The summed E-state index contributed by atoms with van der Waals surface area (Å²) in [6.45, 7) is 8.41. The van der Waals surface area contributed by atoms with Gasteiger partial charge in [-0.05, 0) is 50.7 Å². The van der Waals surface area contributed by atoms with E-state index >= 15 is 0 Å². The third-order valence-electron chi connectivity index (χ3n) is 6.32. The molecule has 0 aliphatic heterocycles. The predicted molar refractivity (Wildman–Crippen MR) is 125 cm³/mol. The Bertz CT molecular complexity index is 1080. The molecule has 0 radical (unpaired) electrons. The summed E-state index contributed by atoms with van der Waals surface area (Å²) in [5.74, 6) is 1.53. The number of hydrogen-bond acceptors (Lipinski definition) is 5. The lowest BCUT2D eigenvalue weighted by atomic mass is 9.86. The van der Waals surface area contributed by atoms with Crippen LogP contribution >= 0.6 is 11.8 Å². The third-order valence-corrected chi connectivity index (χ3v) is 7.16. The number of carbonyl (C=O) groups excluding carboxylic acids is 1. The van der Waals surface area contributed by atoms with Crippen LogP contribution in [0.1, 0.15) is 60.7 Å². The SMILES string of the molecule is Cc1ccc(Cc2c(C)nc3nc(SCC(=O)N[C@H]4CCCC[C@H]4C)nn3c2C)cc1. The molecule has 2 aromatic heterocycles. The van der Waals surface area contributed by atoms with Gasteiger partial charge in [0.2, 0.25) is 11.1 Å². The van der Waals surface area contributed by atoms with Gasteiger partial charge in [-0.25, -0.2) is 9.50 Å². The van der Waals surface area contributed by atoms with Gasteiger partial charge in [-0.3, -0.25) is 4.79 Å². The minimum absolute atomic E-state index is 0.0588. The van der Waals surface area contributed by atoms with Gasteiger partial charge in [0.1, 0.15) is 0 Å². The standard InChI is InChI=1S/C24H31N5OS/c1-15-9-11-19(12-10-15)13-20-17(3)25-23-27-24(28-29(23)18(20)4)31-14-22(30)26-21-8-6-5-7-16(21)2/h9-12,16,21H,5-8,13-14H2,1-4H3,(H,26,30)/t16-,21+/m1/s1. The Morgan fingerprint density at radius 3 is 2.61 bits per heavy atom. The van der Waals surface area contributed by atoms with Crippen molar-refractivity contribution in [2.24, 2.45) is 5.92 Å². The second kappa shape index (κ2) is 9.39. The van der Waals surface area contributed by atoms with Crippen molar-refractivity contribution in [2.75, 3.05) is 5.75 Å². The molecule has 2 heterocycles. The van der Waals surface area contributed by atoms with E-state index in [9.17, 15) is 4.79 Å². The summed E-state index contributed by atoms with van der Waals surface area (Å²) in [4.78, 5) is 21.7. The van der Waals surface area contributed by atoms with Crippen LogP contribution in [0.15, 0.2) is 29.4 Å². The van der Waals surface area contributed by atoms with Crippen molar-refractivity contribution < 1.29 is 4.79 Å². The van der Waals surface area contributed by atoms with Crippen molar-refractivity contribution in [3.8, 4) is 0 Å². The van der Waals surface area contributed by atoms with Crippen LogP contribution in [0.5, 0.6) is 0 Å². The molecule has 164 valence electrons. The fourth-order valence-corrected chi connectivity index (χ4v) is 4.96. The number of thioether (sulfide) groups is 1. The van der Waals surface area contributed by atoms with E-state index in [0.29, 0.717) is 28.6 Å². The highest BCUT2D eigenvalue weighted by molar-refractivity contribution is 7.99. The minimum Gasteiger partial charge on any atom is -0.352 e. The molecule has 1 fully saturated rings. The average molecular weight is 438 g/mol. The first kappa shape index (κ1) is 21.8. The Balaban J connectivity index is 1.45. The largest absolute Gasteiger partial charge is 0.352 e. The number of aromatic nitrogens is 4.